The summed E-state index contributed by atoms with van der Waals surface area (Å²) in [5.74, 6) is 0.418. The third-order valence-corrected chi connectivity index (χ3v) is 3.88. The number of carboxylic acid groups (broad SMARTS) is 1. The van der Waals surface area contributed by atoms with Gasteiger partial charge >= 0.3 is 5.97 Å². The lowest BCUT2D eigenvalue weighted by molar-refractivity contribution is 0.0678. The number of aromatic carboxylic acids is 1. The summed E-state index contributed by atoms with van der Waals surface area (Å²) in [5.41, 5.74) is 0.363. The summed E-state index contributed by atoms with van der Waals surface area (Å²) < 4.78 is 6.84. The smallest absolute Gasteiger partial charge is 0.352 e. The molecule has 1 fully saturated rings. The van der Waals surface area contributed by atoms with Crippen molar-refractivity contribution in [3.63, 3.8) is 0 Å². The van der Waals surface area contributed by atoms with Crippen molar-refractivity contribution in [2.24, 2.45) is 0 Å². The summed E-state index contributed by atoms with van der Waals surface area (Å²) in [6, 6.07) is 3.68. The molecule has 0 bridgehead atoms. The van der Waals surface area contributed by atoms with E-state index >= 15 is 0 Å². The van der Waals surface area contributed by atoms with Gasteiger partial charge in [-0.2, -0.15) is 4.98 Å². The predicted octanol–water partition coefficient (Wildman–Crippen LogP) is 1.71. The van der Waals surface area contributed by atoms with E-state index in [2.05, 4.69) is 15.0 Å². The number of piperidine rings is 1. The Labute approximate surface area is 122 Å². The second kappa shape index (κ2) is 5.69. The molecule has 0 spiro atoms. The topological polar surface area (TPSA) is 84.4 Å². The van der Waals surface area contributed by atoms with Gasteiger partial charge in [0.25, 0.3) is 0 Å². The Bertz CT molecular complexity index is 626. The van der Waals surface area contributed by atoms with Crippen LogP contribution in [0.5, 0.6) is 0 Å². The van der Waals surface area contributed by atoms with E-state index in [1.165, 1.54) is 0 Å². The van der Waals surface area contributed by atoms with Gasteiger partial charge in [-0.15, -0.1) is 0 Å². The van der Waals surface area contributed by atoms with Gasteiger partial charge in [-0.3, -0.25) is 4.90 Å². The number of nitrogens with zero attached hydrogens (tertiary/aromatic N) is 4. The van der Waals surface area contributed by atoms with E-state index in [0.717, 1.165) is 25.9 Å². The summed E-state index contributed by atoms with van der Waals surface area (Å²) in [5, 5.41) is 13.1. The quantitative estimate of drug-likeness (QED) is 0.923. The number of rotatable bonds is 4. The second-order valence-electron chi connectivity index (χ2n) is 5.34. The first-order valence-corrected chi connectivity index (χ1v) is 7.05. The predicted molar refractivity (Wildman–Crippen MR) is 74.0 cm³/mol. The Morgan fingerprint density at radius 1 is 1.48 bits per heavy atom. The van der Waals surface area contributed by atoms with E-state index in [9.17, 15) is 9.90 Å². The molecule has 1 aliphatic rings. The molecule has 0 unspecified atom stereocenters. The molecule has 21 heavy (non-hydrogen) atoms. The molecular weight excluding hydrogens is 272 g/mol. The molecular formula is C14H18N4O3. The van der Waals surface area contributed by atoms with Gasteiger partial charge in [0.15, 0.2) is 5.82 Å². The Hall–Kier alpha value is -2.15. The average Bonchev–Trinajstić information content (AvgIpc) is 3.09. The van der Waals surface area contributed by atoms with E-state index in [-0.39, 0.29) is 6.04 Å². The van der Waals surface area contributed by atoms with Gasteiger partial charge in [0, 0.05) is 32.3 Å². The largest absolute Gasteiger partial charge is 0.477 e. The second-order valence-corrected chi connectivity index (χ2v) is 5.34. The molecule has 0 radical (unpaired) electrons. The van der Waals surface area contributed by atoms with Crippen LogP contribution in [0.1, 0.15) is 41.1 Å². The number of aryl methyl sites for hydroxylation is 1. The summed E-state index contributed by atoms with van der Waals surface area (Å²) in [7, 11) is 0. The van der Waals surface area contributed by atoms with E-state index < -0.39 is 5.97 Å². The number of carboxylic acids is 1. The van der Waals surface area contributed by atoms with Crippen molar-refractivity contribution in [3.8, 4) is 0 Å². The maximum atomic E-state index is 11.2. The van der Waals surface area contributed by atoms with Crippen LogP contribution in [-0.4, -0.2) is 43.8 Å². The van der Waals surface area contributed by atoms with E-state index in [4.69, 9.17) is 4.52 Å². The summed E-state index contributed by atoms with van der Waals surface area (Å²) >= 11 is 0. The van der Waals surface area contributed by atoms with E-state index in [1.54, 1.807) is 19.1 Å². The van der Waals surface area contributed by atoms with Gasteiger partial charge in [0.1, 0.15) is 5.69 Å². The van der Waals surface area contributed by atoms with Gasteiger partial charge in [0.2, 0.25) is 5.89 Å². The lowest BCUT2D eigenvalue weighted by Gasteiger charge is -2.32. The summed E-state index contributed by atoms with van der Waals surface area (Å²) in [6.45, 7) is 4.26. The summed E-state index contributed by atoms with van der Waals surface area (Å²) in [6.07, 6.45) is 3.70. The van der Waals surface area contributed by atoms with Crippen LogP contribution in [0, 0.1) is 6.92 Å². The number of likely N-dealkylation sites (tertiary alicyclic amines) is 1. The minimum atomic E-state index is -0.871. The first-order valence-electron chi connectivity index (χ1n) is 7.05. The zero-order valence-electron chi connectivity index (χ0n) is 11.9. The van der Waals surface area contributed by atoms with Gasteiger partial charge in [-0.1, -0.05) is 5.16 Å². The molecule has 2 aromatic rings. The highest BCUT2D eigenvalue weighted by Crippen LogP contribution is 2.25. The van der Waals surface area contributed by atoms with Crippen molar-refractivity contribution in [2.45, 2.75) is 32.4 Å². The van der Waals surface area contributed by atoms with Crippen LogP contribution in [0.2, 0.25) is 0 Å². The van der Waals surface area contributed by atoms with Crippen LogP contribution in [0.3, 0.4) is 0 Å². The minimum absolute atomic E-state index is 0.245. The molecule has 2 aromatic heterocycles. The lowest BCUT2D eigenvalue weighted by atomic mass is 10.0. The van der Waals surface area contributed by atoms with Crippen molar-refractivity contribution < 1.29 is 14.4 Å². The molecule has 1 saturated heterocycles. The molecule has 112 valence electrons. The van der Waals surface area contributed by atoms with Crippen molar-refractivity contribution in [1.82, 2.24) is 19.6 Å². The number of hydrogen-bond acceptors (Lipinski definition) is 5. The Morgan fingerprint density at radius 3 is 2.86 bits per heavy atom. The number of aromatic nitrogens is 3. The first kappa shape index (κ1) is 13.8. The normalized spacial score (nSPS) is 17.2. The molecule has 1 aliphatic heterocycles. The molecule has 7 nitrogen and oxygen atoms in total. The average molecular weight is 290 g/mol. The van der Waals surface area contributed by atoms with Crippen LogP contribution in [0.15, 0.2) is 22.9 Å². The number of carbonyl (C=O) groups is 1. The molecule has 0 aliphatic carbocycles. The Morgan fingerprint density at radius 2 is 2.24 bits per heavy atom. The highest BCUT2D eigenvalue weighted by Gasteiger charge is 2.24. The minimum Gasteiger partial charge on any atom is -0.477 e. The van der Waals surface area contributed by atoms with Crippen molar-refractivity contribution in [2.75, 3.05) is 13.1 Å². The van der Waals surface area contributed by atoms with Crippen molar-refractivity contribution in [1.29, 1.82) is 0 Å². The zero-order valence-corrected chi connectivity index (χ0v) is 11.9. The van der Waals surface area contributed by atoms with Crippen LogP contribution in [0.4, 0.5) is 0 Å². The fraction of sp³-hybridized carbons (Fsp3) is 0.500. The van der Waals surface area contributed by atoms with Gasteiger partial charge in [-0.25, -0.2) is 4.79 Å². The van der Waals surface area contributed by atoms with Crippen LogP contribution in [-0.2, 0) is 6.54 Å². The van der Waals surface area contributed by atoms with Gasteiger partial charge < -0.3 is 14.2 Å². The third kappa shape index (κ3) is 2.97. The summed E-state index contributed by atoms with van der Waals surface area (Å²) in [4.78, 5) is 17.7. The number of hydrogen-bond donors (Lipinski definition) is 1. The van der Waals surface area contributed by atoms with E-state index in [0.29, 0.717) is 24.0 Å². The maximum Gasteiger partial charge on any atom is 0.352 e. The van der Waals surface area contributed by atoms with Crippen molar-refractivity contribution in [3.05, 3.63) is 35.7 Å². The van der Waals surface area contributed by atoms with Crippen LogP contribution < -0.4 is 0 Å². The fourth-order valence-electron chi connectivity index (χ4n) is 2.85. The van der Waals surface area contributed by atoms with E-state index in [1.807, 2.05) is 10.8 Å². The molecule has 0 aromatic carbocycles. The molecule has 1 N–H and O–H groups in total. The van der Waals surface area contributed by atoms with Gasteiger partial charge in [-0.05, 0) is 25.0 Å². The monoisotopic (exact) mass is 290 g/mol. The lowest BCUT2D eigenvalue weighted by Crippen LogP contribution is -2.35. The third-order valence-electron chi connectivity index (χ3n) is 3.88. The molecule has 0 saturated carbocycles. The Balaban J connectivity index is 1.60. The SMILES string of the molecule is Cc1nc(CN2CCC(n3cccc3C(=O)O)CC2)no1. The highest BCUT2D eigenvalue weighted by molar-refractivity contribution is 5.85. The van der Waals surface area contributed by atoms with Gasteiger partial charge in [0.05, 0.1) is 6.54 Å². The van der Waals surface area contributed by atoms with Crippen LogP contribution >= 0.6 is 0 Å². The molecule has 0 amide bonds. The molecule has 3 rings (SSSR count). The Kier molecular flexibility index (Phi) is 3.74. The van der Waals surface area contributed by atoms with Crippen molar-refractivity contribution >= 4 is 5.97 Å². The molecule has 0 atom stereocenters. The molecule has 3 heterocycles. The first-order chi connectivity index (χ1) is 10.1. The zero-order chi connectivity index (χ0) is 14.8. The maximum absolute atomic E-state index is 11.2. The standard InChI is InChI=1S/C14H18N4O3/c1-10-15-13(16-21-10)9-17-7-4-11(5-8-17)18-6-2-3-12(18)14(19)20/h2-3,6,11H,4-5,7-9H2,1H3,(H,19,20). The highest BCUT2D eigenvalue weighted by atomic mass is 16.5. The molecule has 7 heteroatoms. The van der Waals surface area contributed by atoms with Crippen LogP contribution in [0.25, 0.3) is 0 Å². The fourth-order valence-corrected chi connectivity index (χ4v) is 2.85.